The van der Waals surface area contributed by atoms with Gasteiger partial charge in [0.1, 0.15) is 5.75 Å². The maximum absolute atomic E-state index is 6.03. The van der Waals surface area contributed by atoms with Crippen molar-refractivity contribution in [3.05, 3.63) is 53.6 Å². The quantitative estimate of drug-likeness (QED) is 0.348. The van der Waals surface area contributed by atoms with Gasteiger partial charge in [-0.3, -0.25) is 4.99 Å². The fourth-order valence-corrected chi connectivity index (χ4v) is 2.87. The standard InChI is InChI=1S/C21H27N3O3.HI/c1-21(2,16-6-9-18-19(12-16)27-14-26-18)13-24-20(22)23-11-10-15-4-7-17(25-3)8-5-15;/h4-9,12H,10-11,13-14H2,1-3H3,(H3,22,23,24);1H. The van der Waals surface area contributed by atoms with Crippen LogP contribution in [0.4, 0.5) is 0 Å². The Balaban J connectivity index is 0.00000280. The molecule has 1 aliphatic heterocycles. The smallest absolute Gasteiger partial charge is 0.231 e. The Morgan fingerprint density at radius 2 is 1.86 bits per heavy atom. The third-order valence-corrected chi connectivity index (χ3v) is 4.68. The van der Waals surface area contributed by atoms with Crippen molar-refractivity contribution in [3.63, 3.8) is 0 Å². The minimum atomic E-state index is -0.163. The number of fused-ring (bicyclic) bond motifs is 1. The first kappa shape index (κ1) is 22.1. The van der Waals surface area contributed by atoms with Gasteiger partial charge in [-0.25, -0.2) is 0 Å². The molecule has 0 amide bonds. The second-order valence-electron chi connectivity index (χ2n) is 7.18. The van der Waals surface area contributed by atoms with Crippen LogP contribution in [0.15, 0.2) is 47.5 Å². The summed E-state index contributed by atoms with van der Waals surface area (Å²) in [5.41, 5.74) is 8.23. The van der Waals surface area contributed by atoms with Gasteiger partial charge in [-0.05, 0) is 41.8 Å². The minimum Gasteiger partial charge on any atom is -0.497 e. The van der Waals surface area contributed by atoms with Crippen LogP contribution < -0.4 is 25.3 Å². The number of rotatable bonds is 7. The third-order valence-electron chi connectivity index (χ3n) is 4.68. The monoisotopic (exact) mass is 497 g/mol. The number of aliphatic imine (C=N–C) groups is 1. The fourth-order valence-electron chi connectivity index (χ4n) is 2.87. The number of benzene rings is 2. The number of hydrogen-bond acceptors (Lipinski definition) is 4. The van der Waals surface area contributed by atoms with Crippen LogP contribution in [0.1, 0.15) is 25.0 Å². The molecule has 2 aromatic carbocycles. The van der Waals surface area contributed by atoms with Crippen LogP contribution in [0.25, 0.3) is 0 Å². The molecule has 6 nitrogen and oxygen atoms in total. The van der Waals surface area contributed by atoms with Gasteiger partial charge in [0.15, 0.2) is 17.5 Å². The average Bonchev–Trinajstić information content (AvgIpc) is 3.15. The number of hydrogen-bond donors (Lipinski definition) is 2. The van der Waals surface area contributed by atoms with Gasteiger partial charge in [-0.15, -0.1) is 24.0 Å². The van der Waals surface area contributed by atoms with E-state index in [0.717, 1.165) is 35.8 Å². The van der Waals surface area contributed by atoms with Crippen molar-refractivity contribution in [3.8, 4) is 17.2 Å². The van der Waals surface area contributed by atoms with Gasteiger partial charge in [-0.2, -0.15) is 0 Å². The van der Waals surface area contributed by atoms with E-state index in [1.807, 2.05) is 24.3 Å². The van der Waals surface area contributed by atoms with Crippen LogP contribution in [0.2, 0.25) is 0 Å². The summed E-state index contributed by atoms with van der Waals surface area (Å²) in [5.74, 6) is 2.89. The van der Waals surface area contributed by atoms with Gasteiger partial charge in [-0.1, -0.05) is 32.0 Å². The summed E-state index contributed by atoms with van der Waals surface area (Å²) < 4.78 is 16.0. The number of halogens is 1. The largest absolute Gasteiger partial charge is 0.497 e. The second kappa shape index (κ2) is 9.86. The number of methoxy groups -OCH3 is 1. The van der Waals surface area contributed by atoms with E-state index in [1.54, 1.807) is 7.11 Å². The maximum Gasteiger partial charge on any atom is 0.231 e. The molecule has 0 atom stereocenters. The van der Waals surface area contributed by atoms with Crippen molar-refractivity contribution < 1.29 is 14.2 Å². The molecule has 7 heteroatoms. The molecule has 28 heavy (non-hydrogen) atoms. The normalized spacial score (nSPS) is 13.0. The van der Waals surface area contributed by atoms with E-state index in [1.165, 1.54) is 5.56 Å². The summed E-state index contributed by atoms with van der Waals surface area (Å²) in [6.45, 7) is 5.86. The zero-order valence-electron chi connectivity index (χ0n) is 16.5. The van der Waals surface area contributed by atoms with Crippen LogP contribution >= 0.6 is 24.0 Å². The summed E-state index contributed by atoms with van der Waals surface area (Å²) in [6, 6.07) is 14.0. The molecule has 0 bridgehead atoms. The highest BCUT2D eigenvalue weighted by Gasteiger charge is 2.23. The molecule has 3 N–H and O–H groups in total. The van der Waals surface area contributed by atoms with Gasteiger partial charge in [0.2, 0.25) is 6.79 Å². The molecule has 0 spiro atoms. The first-order valence-electron chi connectivity index (χ1n) is 9.05. The Morgan fingerprint density at radius 1 is 1.14 bits per heavy atom. The molecule has 0 unspecified atom stereocenters. The summed E-state index contributed by atoms with van der Waals surface area (Å²) in [6.07, 6.45) is 0.867. The summed E-state index contributed by atoms with van der Waals surface area (Å²) >= 11 is 0. The summed E-state index contributed by atoms with van der Waals surface area (Å²) in [4.78, 5) is 4.52. The Bertz CT molecular complexity index is 807. The van der Waals surface area contributed by atoms with Crippen molar-refractivity contribution >= 4 is 29.9 Å². The molecule has 0 aromatic heterocycles. The lowest BCUT2D eigenvalue weighted by molar-refractivity contribution is 0.174. The molecular weight excluding hydrogens is 469 g/mol. The molecule has 0 radical (unpaired) electrons. The molecule has 0 aliphatic carbocycles. The zero-order valence-corrected chi connectivity index (χ0v) is 18.9. The molecule has 152 valence electrons. The van der Waals surface area contributed by atoms with E-state index in [2.05, 4.69) is 42.4 Å². The molecule has 0 saturated carbocycles. The van der Waals surface area contributed by atoms with E-state index < -0.39 is 0 Å². The predicted octanol–water partition coefficient (Wildman–Crippen LogP) is 3.47. The Labute approximate surface area is 183 Å². The van der Waals surface area contributed by atoms with Crippen molar-refractivity contribution in [1.29, 1.82) is 0 Å². The predicted molar refractivity (Wildman–Crippen MR) is 122 cm³/mol. The Kier molecular flexibility index (Phi) is 7.79. The first-order chi connectivity index (χ1) is 13.0. The fraction of sp³-hybridized carbons (Fsp3) is 0.381. The minimum absolute atomic E-state index is 0. The van der Waals surface area contributed by atoms with Crippen LogP contribution in [0.3, 0.4) is 0 Å². The molecule has 0 saturated heterocycles. The number of ether oxygens (including phenoxy) is 3. The van der Waals surface area contributed by atoms with Crippen molar-refractivity contribution in [2.24, 2.45) is 10.7 Å². The van der Waals surface area contributed by atoms with E-state index in [9.17, 15) is 0 Å². The van der Waals surface area contributed by atoms with Crippen molar-refractivity contribution in [1.82, 2.24) is 5.32 Å². The molecule has 1 heterocycles. The lowest BCUT2D eigenvalue weighted by Crippen LogP contribution is -2.35. The SMILES string of the molecule is COc1ccc(CCNC(N)=NCC(C)(C)c2ccc3c(c2)OCO3)cc1.I. The first-order valence-corrected chi connectivity index (χ1v) is 9.05. The van der Waals surface area contributed by atoms with Crippen LogP contribution in [-0.4, -0.2) is 33.0 Å². The molecule has 2 aromatic rings. The topological polar surface area (TPSA) is 78.1 Å². The van der Waals surface area contributed by atoms with Crippen molar-refractivity contribution in [2.75, 3.05) is 27.0 Å². The van der Waals surface area contributed by atoms with E-state index in [0.29, 0.717) is 12.5 Å². The Morgan fingerprint density at radius 3 is 2.57 bits per heavy atom. The molecule has 1 aliphatic rings. The summed E-state index contributed by atoms with van der Waals surface area (Å²) in [7, 11) is 1.67. The maximum atomic E-state index is 6.03. The Hall–Kier alpha value is -2.16. The lowest BCUT2D eigenvalue weighted by atomic mass is 9.84. The van der Waals surface area contributed by atoms with Crippen LogP contribution in [0.5, 0.6) is 17.2 Å². The number of guanidine groups is 1. The average molecular weight is 497 g/mol. The molecular formula is C21H28IN3O3. The van der Waals surface area contributed by atoms with E-state index >= 15 is 0 Å². The van der Waals surface area contributed by atoms with Crippen LogP contribution in [-0.2, 0) is 11.8 Å². The van der Waals surface area contributed by atoms with E-state index in [-0.39, 0.29) is 36.2 Å². The van der Waals surface area contributed by atoms with Crippen LogP contribution in [0, 0.1) is 0 Å². The molecule has 3 rings (SSSR count). The lowest BCUT2D eigenvalue weighted by Gasteiger charge is -2.23. The number of nitrogens with one attached hydrogen (secondary N) is 1. The highest BCUT2D eigenvalue weighted by molar-refractivity contribution is 14.0. The summed E-state index contributed by atoms with van der Waals surface area (Å²) in [5, 5.41) is 3.18. The van der Waals surface area contributed by atoms with Gasteiger partial charge in [0, 0.05) is 12.0 Å². The number of nitrogens with zero attached hydrogens (tertiary/aromatic N) is 1. The van der Waals surface area contributed by atoms with E-state index in [4.69, 9.17) is 19.9 Å². The van der Waals surface area contributed by atoms with Gasteiger partial charge < -0.3 is 25.3 Å². The van der Waals surface area contributed by atoms with Gasteiger partial charge >= 0.3 is 0 Å². The molecule has 0 fully saturated rings. The highest BCUT2D eigenvalue weighted by Crippen LogP contribution is 2.36. The zero-order chi connectivity index (χ0) is 19.3. The van der Waals surface area contributed by atoms with Crippen molar-refractivity contribution in [2.45, 2.75) is 25.7 Å². The second-order valence-corrected chi connectivity index (χ2v) is 7.18. The highest BCUT2D eigenvalue weighted by atomic mass is 127. The third kappa shape index (κ3) is 5.67. The van der Waals surface area contributed by atoms with Gasteiger partial charge in [0.25, 0.3) is 0 Å². The number of nitrogens with two attached hydrogens (primary N) is 1. The van der Waals surface area contributed by atoms with Gasteiger partial charge in [0.05, 0.1) is 13.7 Å².